The molecule has 0 aliphatic carbocycles. The van der Waals surface area contributed by atoms with Crippen LogP contribution in [0.4, 0.5) is 5.69 Å². The molecule has 2 atom stereocenters. The van der Waals surface area contributed by atoms with Gasteiger partial charge < -0.3 is 20.7 Å². The van der Waals surface area contributed by atoms with Crippen molar-refractivity contribution in [1.82, 2.24) is 4.90 Å². The first kappa shape index (κ1) is 17.6. The Bertz CT molecular complexity index is 610. The van der Waals surface area contributed by atoms with Gasteiger partial charge in [-0.15, -0.1) is 12.4 Å². The number of hydrogen-bond donors (Lipinski definition) is 2. The smallest absolute Gasteiger partial charge is 0.266 e. The zero-order valence-electron chi connectivity index (χ0n) is 13.1. The van der Waals surface area contributed by atoms with Crippen LogP contribution in [-0.4, -0.2) is 42.5 Å². The number of halogens is 1. The number of nitrogens with zero attached hydrogens (tertiary/aromatic N) is 1. The zero-order chi connectivity index (χ0) is 15.7. The standard InChI is InChI=1S/C16H21N3O3.ClH/c1-16(9-17)6-7-19(10-16)14(20)8-13-15(21)18-11-4-2-3-5-12(11)22-13;/h2-5,13H,6-10,17H2,1H3,(H,18,21);1H. The molecule has 1 saturated heterocycles. The molecule has 7 heteroatoms. The van der Waals surface area contributed by atoms with Gasteiger partial charge in [-0.25, -0.2) is 0 Å². The van der Waals surface area contributed by atoms with Crippen molar-refractivity contribution in [2.24, 2.45) is 11.1 Å². The van der Waals surface area contributed by atoms with Crippen LogP contribution < -0.4 is 15.8 Å². The summed E-state index contributed by atoms with van der Waals surface area (Å²) >= 11 is 0. The minimum Gasteiger partial charge on any atom is -0.478 e. The molecule has 1 aromatic carbocycles. The van der Waals surface area contributed by atoms with E-state index in [0.717, 1.165) is 6.42 Å². The van der Waals surface area contributed by atoms with E-state index in [4.69, 9.17) is 10.5 Å². The number of para-hydroxylation sites is 2. The predicted octanol–water partition coefficient (Wildman–Crippen LogP) is 1.40. The van der Waals surface area contributed by atoms with Gasteiger partial charge in [0.05, 0.1) is 12.1 Å². The van der Waals surface area contributed by atoms with E-state index in [0.29, 0.717) is 31.1 Å². The summed E-state index contributed by atoms with van der Waals surface area (Å²) in [5, 5.41) is 2.78. The molecule has 3 rings (SSSR count). The third kappa shape index (κ3) is 3.59. The van der Waals surface area contributed by atoms with E-state index in [9.17, 15) is 9.59 Å². The quantitative estimate of drug-likeness (QED) is 0.871. The fourth-order valence-electron chi connectivity index (χ4n) is 2.92. The molecule has 2 aliphatic heterocycles. The van der Waals surface area contributed by atoms with E-state index in [1.165, 1.54) is 0 Å². The van der Waals surface area contributed by atoms with Gasteiger partial charge in [0.1, 0.15) is 5.75 Å². The molecule has 3 N–H and O–H groups in total. The van der Waals surface area contributed by atoms with Crippen LogP contribution in [0.2, 0.25) is 0 Å². The van der Waals surface area contributed by atoms with Crippen molar-refractivity contribution in [3.8, 4) is 5.75 Å². The molecular weight excluding hydrogens is 318 g/mol. The molecule has 1 fully saturated rings. The Hall–Kier alpha value is -1.79. The van der Waals surface area contributed by atoms with Gasteiger partial charge in [0.15, 0.2) is 6.10 Å². The number of likely N-dealkylation sites (tertiary alicyclic amines) is 1. The molecule has 126 valence electrons. The Balaban J connectivity index is 0.00000192. The number of benzene rings is 1. The van der Waals surface area contributed by atoms with Gasteiger partial charge in [-0.1, -0.05) is 19.1 Å². The Morgan fingerprint density at radius 2 is 2.22 bits per heavy atom. The fraction of sp³-hybridized carbons (Fsp3) is 0.500. The van der Waals surface area contributed by atoms with Crippen LogP contribution in [-0.2, 0) is 9.59 Å². The molecule has 23 heavy (non-hydrogen) atoms. The van der Waals surface area contributed by atoms with Crippen molar-refractivity contribution in [1.29, 1.82) is 0 Å². The van der Waals surface area contributed by atoms with Gasteiger partial charge in [-0.3, -0.25) is 9.59 Å². The Morgan fingerprint density at radius 3 is 2.91 bits per heavy atom. The molecule has 1 aromatic rings. The lowest BCUT2D eigenvalue weighted by atomic mass is 9.90. The first-order chi connectivity index (χ1) is 10.5. The van der Waals surface area contributed by atoms with Crippen molar-refractivity contribution in [2.45, 2.75) is 25.9 Å². The molecule has 2 amide bonds. The summed E-state index contributed by atoms with van der Waals surface area (Å²) in [6.45, 7) is 3.98. The van der Waals surface area contributed by atoms with Gasteiger partial charge >= 0.3 is 0 Å². The number of rotatable bonds is 3. The van der Waals surface area contributed by atoms with Crippen molar-refractivity contribution in [3.63, 3.8) is 0 Å². The molecule has 2 unspecified atom stereocenters. The van der Waals surface area contributed by atoms with E-state index in [1.807, 2.05) is 12.1 Å². The summed E-state index contributed by atoms with van der Waals surface area (Å²) in [6, 6.07) is 7.22. The summed E-state index contributed by atoms with van der Waals surface area (Å²) < 4.78 is 5.67. The van der Waals surface area contributed by atoms with Crippen LogP contribution in [0.15, 0.2) is 24.3 Å². The van der Waals surface area contributed by atoms with Gasteiger partial charge in [0.2, 0.25) is 5.91 Å². The molecule has 2 aliphatic rings. The van der Waals surface area contributed by atoms with Crippen molar-refractivity contribution >= 4 is 29.9 Å². The number of hydrogen-bond acceptors (Lipinski definition) is 4. The second-order valence-electron chi connectivity index (χ2n) is 6.38. The number of nitrogens with one attached hydrogen (secondary N) is 1. The summed E-state index contributed by atoms with van der Waals surface area (Å²) in [4.78, 5) is 26.2. The van der Waals surface area contributed by atoms with Crippen LogP contribution >= 0.6 is 12.4 Å². The predicted molar refractivity (Wildman–Crippen MR) is 89.7 cm³/mol. The highest BCUT2D eigenvalue weighted by molar-refractivity contribution is 5.99. The number of nitrogens with two attached hydrogens (primary N) is 1. The summed E-state index contributed by atoms with van der Waals surface area (Å²) in [6.07, 6.45) is 0.184. The first-order valence-corrected chi connectivity index (χ1v) is 7.55. The third-order valence-electron chi connectivity index (χ3n) is 4.47. The molecule has 0 saturated carbocycles. The second kappa shape index (κ2) is 6.76. The van der Waals surface area contributed by atoms with Crippen LogP contribution in [0.3, 0.4) is 0 Å². The first-order valence-electron chi connectivity index (χ1n) is 7.55. The maximum absolute atomic E-state index is 12.4. The molecular formula is C16H22ClN3O3. The molecule has 0 bridgehead atoms. The lowest BCUT2D eigenvalue weighted by Crippen LogP contribution is -2.42. The van der Waals surface area contributed by atoms with Gasteiger partial charge in [-0.05, 0) is 30.5 Å². The van der Waals surface area contributed by atoms with Crippen molar-refractivity contribution < 1.29 is 14.3 Å². The lowest BCUT2D eigenvalue weighted by molar-refractivity contribution is -0.136. The monoisotopic (exact) mass is 339 g/mol. The van der Waals surface area contributed by atoms with Crippen molar-refractivity contribution in [3.05, 3.63) is 24.3 Å². The maximum atomic E-state index is 12.4. The van der Waals surface area contributed by atoms with Crippen LogP contribution in [0.5, 0.6) is 5.75 Å². The van der Waals surface area contributed by atoms with E-state index < -0.39 is 6.10 Å². The molecule has 2 heterocycles. The van der Waals surface area contributed by atoms with E-state index >= 15 is 0 Å². The average Bonchev–Trinajstić information content (AvgIpc) is 2.91. The molecule has 0 spiro atoms. The Morgan fingerprint density at radius 1 is 1.48 bits per heavy atom. The van der Waals surface area contributed by atoms with Crippen LogP contribution in [0.25, 0.3) is 0 Å². The summed E-state index contributed by atoms with van der Waals surface area (Å²) in [7, 11) is 0. The highest BCUT2D eigenvalue weighted by atomic mass is 35.5. The molecule has 6 nitrogen and oxygen atoms in total. The normalized spacial score (nSPS) is 25.9. The fourth-order valence-corrected chi connectivity index (χ4v) is 2.92. The SMILES string of the molecule is CC1(CN)CCN(C(=O)CC2Oc3ccccc3NC2=O)C1.Cl. The summed E-state index contributed by atoms with van der Waals surface area (Å²) in [5.74, 6) is 0.276. The topological polar surface area (TPSA) is 84.7 Å². The number of amides is 2. The number of anilines is 1. The number of fused-ring (bicyclic) bond motifs is 1. The Kier molecular flexibility index (Phi) is 5.16. The van der Waals surface area contributed by atoms with Crippen molar-refractivity contribution in [2.75, 3.05) is 25.0 Å². The second-order valence-corrected chi connectivity index (χ2v) is 6.38. The van der Waals surface area contributed by atoms with E-state index in [2.05, 4.69) is 12.2 Å². The maximum Gasteiger partial charge on any atom is 0.266 e. The molecule has 0 aromatic heterocycles. The van der Waals surface area contributed by atoms with E-state index in [1.54, 1.807) is 17.0 Å². The summed E-state index contributed by atoms with van der Waals surface area (Å²) in [5.41, 5.74) is 6.39. The number of ether oxygens (including phenoxy) is 1. The minimum absolute atomic E-state index is 0. The third-order valence-corrected chi connectivity index (χ3v) is 4.47. The zero-order valence-corrected chi connectivity index (χ0v) is 13.9. The lowest BCUT2D eigenvalue weighted by Gasteiger charge is -2.27. The highest BCUT2D eigenvalue weighted by Gasteiger charge is 2.37. The van der Waals surface area contributed by atoms with Crippen LogP contribution in [0.1, 0.15) is 19.8 Å². The van der Waals surface area contributed by atoms with Gasteiger partial charge in [0, 0.05) is 13.1 Å². The van der Waals surface area contributed by atoms with E-state index in [-0.39, 0.29) is 36.1 Å². The number of carbonyl (C=O) groups excluding carboxylic acids is 2. The Labute approximate surface area is 141 Å². The number of carbonyl (C=O) groups is 2. The van der Waals surface area contributed by atoms with Gasteiger partial charge in [-0.2, -0.15) is 0 Å². The average molecular weight is 340 g/mol. The van der Waals surface area contributed by atoms with Gasteiger partial charge in [0.25, 0.3) is 5.91 Å². The minimum atomic E-state index is -0.771. The highest BCUT2D eigenvalue weighted by Crippen LogP contribution is 2.31. The largest absolute Gasteiger partial charge is 0.478 e. The van der Waals surface area contributed by atoms with Crippen LogP contribution in [0, 0.1) is 5.41 Å². The molecule has 0 radical (unpaired) electrons.